The summed E-state index contributed by atoms with van der Waals surface area (Å²) in [5, 5.41) is 8.37. The number of carbonyl (C=O) groups excluding carboxylic acids is 2. The quantitative estimate of drug-likeness (QED) is 0.290. The van der Waals surface area contributed by atoms with E-state index in [4.69, 9.17) is 4.74 Å². The van der Waals surface area contributed by atoms with E-state index in [0.29, 0.717) is 18.5 Å². The molecule has 1 heterocycles. The van der Waals surface area contributed by atoms with E-state index in [2.05, 4.69) is 20.3 Å². The Hall–Kier alpha value is -3.44. The van der Waals surface area contributed by atoms with Gasteiger partial charge in [-0.3, -0.25) is 9.52 Å². The van der Waals surface area contributed by atoms with Gasteiger partial charge in [0, 0.05) is 17.5 Å². The molecule has 0 spiro atoms. The van der Waals surface area contributed by atoms with Crippen LogP contribution in [0.5, 0.6) is 0 Å². The molecule has 11 heteroatoms. The highest BCUT2D eigenvalue weighted by Crippen LogP contribution is 2.24. The van der Waals surface area contributed by atoms with Crippen molar-refractivity contribution in [3.05, 3.63) is 81.8 Å². The van der Waals surface area contributed by atoms with E-state index >= 15 is 0 Å². The molecule has 1 aromatic heterocycles. The van der Waals surface area contributed by atoms with Gasteiger partial charge in [0.2, 0.25) is 16.8 Å². The van der Waals surface area contributed by atoms with Crippen molar-refractivity contribution in [2.75, 3.05) is 11.8 Å². The van der Waals surface area contributed by atoms with Crippen molar-refractivity contribution in [1.29, 1.82) is 0 Å². The predicted molar refractivity (Wildman–Crippen MR) is 136 cm³/mol. The molecular formula is C24H28N4O5S2. The van der Waals surface area contributed by atoms with Gasteiger partial charge in [-0.2, -0.15) is 0 Å². The molecule has 186 valence electrons. The summed E-state index contributed by atoms with van der Waals surface area (Å²) in [6, 6.07) is 15.0. The summed E-state index contributed by atoms with van der Waals surface area (Å²) < 4.78 is 28.9. The first-order valence-corrected chi connectivity index (χ1v) is 13.1. The average Bonchev–Trinajstić information content (AvgIpc) is 3.34. The Morgan fingerprint density at radius 2 is 1.69 bits per heavy atom. The number of aryl methyl sites for hydroxylation is 1. The maximum absolute atomic E-state index is 13.3. The highest BCUT2D eigenvalue weighted by Gasteiger charge is 2.26. The molecular weight excluding hydrogens is 488 g/mol. The molecule has 2 atom stereocenters. The first-order chi connectivity index (χ1) is 16.9. The molecule has 9 nitrogen and oxygen atoms in total. The number of benzene rings is 2. The number of rotatable bonds is 11. The molecule has 0 aliphatic rings. The fraction of sp³-hybridized carbons (Fsp3) is 0.292. The summed E-state index contributed by atoms with van der Waals surface area (Å²) in [4.78, 5) is 29.9. The third kappa shape index (κ3) is 8.08. The number of amides is 2. The molecule has 2 amide bonds. The van der Waals surface area contributed by atoms with Crippen LogP contribution in [-0.4, -0.2) is 38.6 Å². The fourth-order valence-electron chi connectivity index (χ4n) is 3.43. The Morgan fingerprint density at radius 3 is 2.29 bits per heavy atom. The third-order valence-electron chi connectivity index (χ3n) is 5.24. The minimum atomic E-state index is -2.75. The molecule has 3 N–H and O–H groups in total. The molecule has 0 saturated carbocycles. The SMILES string of the molecule is CCc1csc([C@H](Cc2ccc(N[SH](=O)=O)cc2)NC(=O)[C@H](Cc2ccccc2)NC(=O)OC)n1. The van der Waals surface area contributed by atoms with Gasteiger partial charge in [-0.15, -0.1) is 11.3 Å². The van der Waals surface area contributed by atoms with Gasteiger partial charge in [-0.1, -0.05) is 49.4 Å². The maximum Gasteiger partial charge on any atom is 0.407 e. The van der Waals surface area contributed by atoms with Crippen LogP contribution in [0.3, 0.4) is 0 Å². The average molecular weight is 517 g/mol. The number of aromatic nitrogens is 1. The first-order valence-electron chi connectivity index (χ1n) is 11.0. The van der Waals surface area contributed by atoms with Gasteiger partial charge < -0.3 is 15.4 Å². The first kappa shape index (κ1) is 26.2. The van der Waals surface area contributed by atoms with E-state index in [-0.39, 0.29) is 5.91 Å². The maximum atomic E-state index is 13.3. The number of hydrogen-bond donors (Lipinski definition) is 4. The second-order valence-electron chi connectivity index (χ2n) is 7.74. The van der Waals surface area contributed by atoms with Crippen molar-refractivity contribution < 1.29 is 22.7 Å². The van der Waals surface area contributed by atoms with E-state index in [1.54, 1.807) is 24.3 Å². The summed E-state index contributed by atoms with van der Waals surface area (Å²) >= 11 is 1.46. The third-order valence-corrected chi connectivity index (χ3v) is 6.69. The lowest BCUT2D eigenvalue weighted by molar-refractivity contribution is -0.123. The van der Waals surface area contributed by atoms with Crippen molar-refractivity contribution in [3.8, 4) is 0 Å². The summed E-state index contributed by atoms with van der Waals surface area (Å²) in [5.41, 5.74) is 3.16. The molecule has 0 unspecified atom stereocenters. The molecule has 0 radical (unpaired) electrons. The number of carbonyl (C=O) groups is 2. The van der Waals surface area contributed by atoms with Crippen molar-refractivity contribution >= 4 is 39.9 Å². The molecule has 2 aromatic carbocycles. The zero-order chi connectivity index (χ0) is 25.2. The summed E-state index contributed by atoms with van der Waals surface area (Å²) in [5.74, 6) is -0.362. The van der Waals surface area contributed by atoms with Gasteiger partial charge in [-0.05, 0) is 36.1 Å². The van der Waals surface area contributed by atoms with Gasteiger partial charge in [0.15, 0.2) is 0 Å². The monoisotopic (exact) mass is 516 g/mol. The van der Waals surface area contributed by atoms with Crippen molar-refractivity contribution in [2.45, 2.75) is 38.3 Å². The zero-order valence-electron chi connectivity index (χ0n) is 19.4. The van der Waals surface area contributed by atoms with Crippen molar-refractivity contribution in [2.24, 2.45) is 0 Å². The molecule has 0 fully saturated rings. The van der Waals surface area contributed by atoms with Crippen LogP contribution in [0.4, 0.5) is 10.5 Å². The van der Waals surface area contributed by atoms with Gasteiger partial charge in [0.05, 0.1) is 18.8 Å². The number of anilines is 1. The van der Waals surface area contributed by atoms with Crippen molar-refractivity contribution in [3.63, 3.8) is 0 Å². The minimum Gasteiger partial charge on any atom is -0.453 e. The van der Waals surface area contributed by atoms with Crippen LogP contribution >= 0.6 is 11.3 Å². The highest BCUT2D eigenvalue weighted by atomic mass is 32.2. The van der Waals surface area contributed by atoms with Gasteiger partial charge in [-0.25, -0.2) is 18.2 Å². The van der Waals surface area contributed by atoms with E-state index in [1.807, 2.05) is 42.6 Å². The van der Waals surface area contributed by atoms with Crippen LogP contribution in [0.25, 0.3) is 0 Å². The predicted octanol–water partition coefficient (Wildman–Crippen LogP) is 3.01. The number of nitrogens with one attached hydrogen (secondary N) is 3. The van der Waals surface area contributed by atoms with Gasteiger partial charge >= 0.3 is 6.09 Å². The Morgan fingerprint density at radius 1 is 1.00 bits per heavy atom. The Balaban J connectivity index is 1.82. The number of thiol groups is 1. The number of thiazole rings is 1. The number of nitrogens with zero attached hydrogens (tertiary/aromatic N) is 1. The largest absolute Gasteiger partial charge is 0.453 e. The van der Waals surface area contributed by atoms with E-state index in [1.165, 1.54) is 18.4 Å². The van der Waals surface area contributed by atoms with Crippen LogP contribution in [0.1, 0.15) is 34.8 Å². The lowest BCUT2D eigenvalue weighted by Gasteiger charge is -2.22. The van der Waals surface area contributed by atoms with E-state index in [9.17, 15) is 18.0 Å². The topological polar surface area (TPSA) is 126 Å². The smallest absolute Gasteiger partial charge is 0.407 e. The number of alkyl carbamates (subject to hydrolysis) is 1. The van der Waals surface area contributed by atoms with Crippen LogP contribution in [0.15, 0.2) is 60.0 Å². The van der Waals surface area contributed by atoms with E-state index < -0.39 is 29.1 Å². The Kier molecular flexibility index (Phi) is 9.62. The summed E-state index contributed by atoms with van der Waals surface area (Å²) in [6.07, 6.45) is 0.800. The summed E-state index contributed by atoms with van der Waals surface area (Å²) in [7, 11) is -1.50. The number of hydrogen-bond acceptors (Lipinski definition) is 7. The second-order valence-corrected chi connectivity index (χ2v) is 9.37. The lowest BCUT2D eigenvalue weighted by atomic mass is 10.0. The normalized spacial score (nSPS) is 12.5. The van der Waals surface area contributed by atoms with Crippen LogP contribution in [-0.2, 0) is 39.7 Å². The number of ether oxygens (including phenoxy) is 1. The van der Waals surface area contributed by atoms with Crippen LogP contribution in [0, 0.1) is 0 Å². The number of methoxy groups -OCH3 is 1. The highest BCUT2D eigenvalue weighted by molar-refractivity contribution is 7.73. The van der Waals surface area contributed by atoms with Crippen LogP contribution in [0.2, 0.25) is 0 Å². The fourth-order valence-corrected chi connectivity index (χ4v) is 4.75. The molecule has 3 rings (SSSR count). The molecule has 35 heavy (non-hydrogen) atoms. The lowest BCUT2D eigenvalue weighted by Crippen LogP contribution is -2.49. The van der Waals surface area contributed by atoms with Gasteiger partial charge in [0.25, 0.3) is 0 Å². The molecule has 3 aromatic rings. The minimum absolute atomic E-state index is 0.292. The molecule has 0 aliphatic carbocycles. The molecule has 0 aliphatic heterocycles. The van der Waals surface area contributed by atoms with Gasteiger partial charge in [0.1, 0.15) is 11.0 Å². The molecule has 0 saturated heterocycles. The Bertz CT molecular complexity index is 1190. The summed E-state index contributed by atoms with van der Waals surface area (Å²) in [6.45, 7) is 2.01. The van der Waals surface area contributed by atoms with E-state index in [0.717, 1.165) is 28.2 Å². The standard InChI is InChI=1S/C24H28N4O5S2/c1-3-18-15-34-23(25-18)21(14-17-9-11-19(12-10-17)28-35(31)32)26-22(29)20(27-24(30)33-2)13-16-7-5-4-6-8-16/h4-12,15,20-21,35H,3,13-14H2,1-2H3,(H,26,29)(H,27,30)(H,28,31,32)/t20-,21-/m0/s1. The zero-order valence-corrected chi connectivity index (χ0v) is 21.1. The van der Waals surface area contributed by atoms with Crippen LogP contribution < -0.4 is 15.4 Å². The van der Waals surface area contributed by atoms with Crippen molar-refractivity contribution in [1.82, 2.24) is 15.6 Å². The molecule has 0 bridgehead atoms. The second kappa shape index (κ2) is 12.9. The Labute approximate surface area is 210 Å².